The highest BCUT2D eigenvalue weighted by Crippen LogP contribution is 2.37. The van der Waals surface area contributed by atoms with Crippen LogP contribution in [0.4, 0.5) is 11.4 Å². The van der Waals surface area contributed by atoms with Crippen molar-refractivity contribution in [2.24, 2.45) is 0 Å². The van der Waals surface area contributed by atoms with E-state index >= 15 is 0 Å². The molecular formula is C23H19ClN2O6S. The Bertz CT molecular complexity index is 1310. The van der Waals surface area contributed by atoms with Crippen LogP contribution in [0, 0.1) is 0 Å². The number of anilines is 2. The Morgan fingerprint density at radius 2 is 1.79 bits per heavy atom. The van der Waals surface area contributed by atoms with Crippen LogP contribution in [0.2, 0.25) is 5.02 Å². The minimum absolute atomic E-state index is 0.0357. The van der Waals surface area contributed by atoms with E-state index in [2.05, 4.69) is 5.32 Å². The molecule has 3 aromatic rings. The normalized spacial score (nSPS) is 15.2. The lowest BCUT2D eigenvalue weighted by molar-refractivity contribution is -0.122. The van der Waals surface area contributed by atoms with Crippen LogP contribution < -0.4 is 14.4 Å². The first-order chi connectivity index (χ1) is 15.8. The molecule has 1 aliphatic heterocycles. The third kappa shape index (κ3) is 4.64. The van der Waals surface area contributed by atoms with Gasteiger partial charge in [-0.25, -0.2) is 13.2 Å². The Morgan fingerprint density at radius 1 is 1.06 bits per heavy atom. The monoisotopic (exact) mass is 486 g/mol. The molecule has 0 radical (unpaired) electrons. The second kappa shape index (κ2) is 9.13. The van der Waals surface area contributed by atoms with Gasteiger partial charge in [-0.1, -0.05) is 29.8 Å². The number of methoxy groups -OCH3 is 1. The van der Waals surface area contributed by atoms with Gasteiger partial charge in [0.15, 0.2) is 6.10 Å². The van der Waals surface area contributed by atoms with Crippen LogP contribution in [0.3, 0.4) is 0 Å². The summed E-state index contributed by atoms with van der Waals surface area (Å²) in [6, 6.07) is 18.6. The van der Waals surface area contributed by atoms with E-state index in [0.717, 1.165) is 4.31 Å². The molecule has 0 saturated heterocycles. The van der Waals surface area contributed by atoms with Gasteiger partial charge in [-0.3, -0.25) is 9.10 Å². The van der Waals surface area contributed by atoms with Gasteiger partial charge in [0, 0.05) is 10.7 Å². The summed E-state index contributed by atoms with van der Waals surface area (Å²) in [7, 11) is -2.74. The Hall–Kier alpha value is -3.56. The molecule has 33 heavy (non-hydrogen) atoms. The number of carbonyl (C=O) groups excluding carboxylic acids is 2. The predicted molar refractivity (Wildman–Crippen MR) is 123 cm³/mol. The summed E-state index contributed by atoms with van der Waals surface area (Å²) in [4.78, 5) is 24.8. The van der Waals surface area contributed by atoms with E-state index in [1.807, 2.05) is 0 Å². The highest BCUT2D eigenvalue weighted by atomic mass is 35.5. The van der Waals surface area contributed by atoms with Crippen molar-refractivity contribution in [2.45, 2.75) is 11.0 Å². The second-order valence-corrected chi connectivity index (χ2v) is 9.42. The van der Waals surface area contributed by atoms with Crippen molar-refractivity contribution in [1.82, 2.24) is 0 Å². The van der Waals surface area contributed by atoms with E-state index in [1.54, 1.807) is 42.5 Å². The summed E-state index contributed by atoms with van der Waals surface area (Å²) >= 11 is 5.90. The van der Waals surface area contributed by atoms with Gasteiger partial charge in [-0.2, -0.15) is 0 Å². The number of nitrogens with zero attached hydrogens (tertiary/aromatic N) is 1. The van der Waals surface area contributed by atoms with Crippen molar-refractivity contribution in [2.75, 3.05) is 23.3 Å². The Balaban J connectivity index is 1.63. The van der Waals surface area contributed by atoms with Crippen LogP contribution in [0.5, 0.6) is 5.75 Å². The molecule has 170 valence electrons. The first kappa shape index (κ1) is 22.6. The number of ether oxygens (including phenoxy) is 2. The van der Waals surface area contributed by atoms with Gasteiger partial charge in [0.2, 0.25) is 0 Å². The summed E-state index contributed by atoms with van der Waals surface area (Å²) < 4.78 is 38.4. The Labute approximate surface area is 195 Å². The van der Waals surface area contributed by atoms with E-state index in [-0.39, 0.29) is 22.8 Å². The van der Waals surface area contributed by atoms with Crippen LogP contribution in [0.1, 0.15) is 10.4 Å². The number of para-hydroxylation sites is 2. The summed E-state index contributed by atoms with van der Waals surface area (Å²) in [6.07, 6.45) is -1.14. The highest BCUT2D eigenvalue weighted by Gasteiger charge is 2.37. The number of halogens is 1. The zero-order valence-corrected chi connectivity index (χ0v) is 19.0. The molecule has 1 aliphatic rings. The summed E-state index contributed by atoms with van der Waals surface area (Å²) in [6.45, 7) is -0.246. The molecule has 0 spiro atoms. The number of amides is 1. The van der Waals surface area contributed by atoms with Gasteiger partial charge in [-0.05, 0) is 54.6 Å². The van der Waals surface area contributed by atoms with E-state index in [0.29, 0.717) is 16.4 Å². The highest BCUT2D eigenvalue weighted by molar-refractivity contribution is 7.92. The van der Waals surface area contributed by atoms with E-state index in [9.17, 15) is 18.0 Å². The van der Waals surface area contributed by atoms with Crippen molar-refractivity contribution >= 4 is 44.9 Å². The number of fused-ring (bicyclic) bond motifs is 1. The van der Waals surface area contributed by atoms with E-state index < -0.39 is 28.0 Å². The molecule has 0 aromatic heterocycles. The largest absolute Gasteiger partial charge is 0.476 e. The average Bonchev–Trinajstić information content (AvgIpc) is 2.83. The molecule has 3 aromatic carbocycles. The predicted octanol–water partition coefficient (Wildman–Crippen LogP) is 3.72. The molecule has 0 aliphatic carbocycles. The lowest BCUT2D eigenvalue weighted by atomic mass is 10.2. The van der Waals surface area contributed by atoms with Crippen molar-refractivity contribution in [3.63, 3.8) is 0 Å². The van der Waals surface area contributed by atoms with Crippen molar-refractivity contribution in [3.8, 4) is 5.75 Å². The number of carbonyl (C=O) groups is 2. The number of nitrogens with one attached hydrogen (secondary N) is 1. The maximum absolute atomic E-state index is 13.4. The van der Waals surface area contributed by atoms with Crippen molar-refractivity contribution in [3.05, 3.63) is 83.4 Å². The molecule has 1 atom stereocenters. The molecule has 4 rings (SSSR count). The smallest absolute Gasteiger partial charge is 0.337 e. The lowest BCUT2D eigenvalue weighted by Crippen LogP contribution is -2.48. The maximum atomic E-state index is 13.4. The fourth-order valence-corrected chi connectivity index (χ4v) is 4.97. The van der Waals surface area contributed by atoms with E-state index in [4.69, 9.17) is 21.1 Å². The number of esters is 1. The quantitative estimate of drug-likeness (QED) is 0.551. The molecule has 1 amide bonds. The van der Waals surface area contributed by atoms with E-state index in [1.165, 1.54) is 37.4 Å². The Kier molecular flexibility index (Phi) is 6.26. The molecular weight excluding hydrogens is 468 g/mol. The number of hydrogen-bond donors (Lipinski definition) is 1. The van der Waals surface area contributed by atoms with Crippen LogP contribution in [-0.2, 0) is 19.6 Å². The summed E-state index contributed by atoms with van der Waals surface area (Å²) in [5.41, 5.74) is 0.929. The fraction of sp³-hybridized carbons (Fsp3) is 0.130. The minimum atomic E-state index is -4.00. The van der Waals surface area contributed by atoms with Gasteiger partial charge < -0.3 is 14.8 Å². The standard InChI is InChI=1S/C23H19ClN2O6S/c1-31-23(28)15-5-4-6-17(13-15)25-22(27)21-14-26(19-7-2-3-8-20(19)32-21)33(29,30)18-11-9-16(24)10-12-18/h2-13,21H,14H2,1H3,(H,25,27)/t21-/m0/s1. The topological polar surface area (TPSA) is 102 Å². The molecule has 0 unspecified atom stereocenters. The number of benzene rings is 3. The van der Waals surface area contributed by atoms with Gasteiger partial charge in [-0.15, -0.1) is 0 Å². The zero-order valence-electron chi connectivity index (χ0n) is 17.4. The maximum Gasteiger partial charge on any atom is 0.337 e. The van der Waals surface area contributed by atoms with Crippen LogP contribution in [0.25, 0.3) is 0 Å². The molecule has 0 fully saturated rings. The number of hydrogen-bond acceptors (Lipinski definition) is 6. The molecule has 1 N–H and O–H groups in total. The SMILES string of the molecule is COC(=O)c1cccc(NC(=O)[C@@H]2CN(S(=O)(=O)c3ccc(Cl)cc3)c3ccccc3O2)c1. The first-order valence-electron chi connectivity index (χ1n) is 9.83. The summed E-state index contributed by atoms with van der Waals surface area (Å²) in [5.74, 6) is -0.859. The van der Waals surface area contributed by atoms with Crippen molar-refractivity contribution in [1.29, 1.82) is 0 Å². The molecule has 0 saturated carbocycles. The van der Waals surface area contributed by atoms with Gasteiger partial charge >= 0.3 is 5.97 Å². The van der Waals surface area contributed by atoms with Gasteiger partial charge in [0.05, 0.1) is 29.8 Å². The molecule has 1 heterocycles. The molecule has 10 heteroatoms. The van der Waals surface area contributed by atoms with Crippen LogP contribution >= 0.6 is 11.6 Å². The first-order valence-corrected chi connectivity index (χ1v) is 11.6. The third-order valence-electron chi connectivity index (χ3n) is 4.98. The zero-order chi connectivity index (χ0) is 23.6. The van der Waals surface area contributed by atoms with Gasteiger partial charge in [0.1, 0.15) is 5.75 Å². The van der Waals surface area contributed by atoms with Crippen LogP contribution in [0.15, 0.2) is 77.7 Å². The third-order valence-corrected chi connectivity index (χ3v) is 7.03. The fourth-order valence-electron chi connectivity index (χ4n) is 3.36. The van der Waals surface area contributed by atoms with Crippen LogP contribution in [-0.4, -0.2) is 40.1 Å². The number of sulfonamides is 1. The molecule has 8 nitrogen and oxygen atoms in total. The Morgan fingerprint density at radius 3 is 2.52 bits per heavy atom. The second-order valence-electron chi connectivity index (χ2n) is 7.13. The summed E-state index contributed by atoms with van der Waals surface area (Å²) in [5, 5.41) is 3.08. The average molecular weight is 487 g/mol. The number of rotatable bonds is 5. The lowest BCUT2D eigenvalue weighted by Gasteiger charge is -2.34. The van der Waals surface area contributed by atoms with Gasteiger partial charge in [0.25, 0.3) is 15.9 Å². The molecule has 0 bridgehead atoms. The van der Waals surface area contributed by atoms with Crippen molar-refractivity contribution < 1.29 is 27.5 Å². The minimum Gasteiger partial charge on any atom is -0.476 e.